The third kappa shape index (κ3) is 5.05. The molecule has 2 heterocycles. The lowest BCUT2D eigenvalue weighted by molar-refractivity contribution is -0.130. The van der Waals surface area contributed by atoms with Crippen molar-refractivity contribution in [2.24, 2.45) is 5.92 Å². The topological polar surface area (TPSA) is 83.6 Å². The molecular formula is C23H34N2O4S. The van der Waals surface area contributed by atoms with Crippen LogP contribution in [0.2, 0.25) is 0 Å². The summed E-state index contributed by atoms with van der Waals surface area (Å²) in [6.45, 7) is 11.7. The van der Waals surface area contributed by atoms with Crippen LogP contribution in [-0.2, 0) is 31.3 Å². The largest absolute Gasteiger partial charge is 0.355 e. The Morgan fingerprint density at radius 2 is 1.83 bits per heavy atom. The molecule has 2 amide bonds. The Morgan fingerprint density at radius 3 is 2.37 bits per heavy atom. The summed E-state index contributed by atoms with van der Waals surface area (Å²) in [4.78, 5) is 26.6. The first-order chi connectivity index (χ1) is 13.9. The van der Waals surface area contributed by atoms with Gasteiger partial charge >= 0.3 is 0 Å². The summed E-state index contributed by atoms with van der Waals surface area (Å²) in [5.74, 6) is -0.470. The number of likely N-dealkylation sites (tertiary alicyclic amines) is 1. The van der Waals surface area contributed by atoms with Gasteiger partial charge in [-0.1, -0.05) is 32.9 Å². The van der Waals surface area contributed by atoms with E-state index in [1.165, 1.54) is 22.3 Å². The minimum atomic E-state index is -3.05. The molecule has 2 aliphatic rings. The van der Waals surface area contributed by atoms with Crippen molar-refractivity contribution >= 4 is 21.7 Å². The normalized spacial score (nSPS) is 23.8. The molecule has 1 aromatic rings. The molecule has 2 aliphatic heterocycles. The first kappa shape index (κ1) is 22.8. The van der Waals surface area contributed by atoms with Crippen molar-refractivity contribution in [3.8, 4) is 0 Å². The number of benzene rings is 1. The van der Waals surface area contributed by atoms with E-state index in [9.17, 15) is 18.0 Å². The van der Waals surface area contributed by atoms with E-state index < -0.39 is 15.8 Å². The molecule has 2 fully saturated rings. The van der Waals surface area contributed by atoms with E-state index in [-0.39, 0.29) is 41.2 Å². The van der Waals surface area contributed by atoms with Crippen LogP contribution in [0.25, 0.3) is 0 Å². The van der Waals surface area contributed by atoms with Gasteiger partial charge in [-0.3, -0.25) is 9.59 Å². The molecular weight excluding hydrogens is 400 g/mol. The SMILES string of the molecule is Cc1cc(C(C)(C)C)cc(C)c1CCNC(=O)C1CC(=O)N(C2CCS(=O)(=O)C2)C1. The number of aryl methyl sites for hydroxylation is 2. The fourth-order valence-corrected chi connectivity index (χ4v) is 6.29. The number of amides is 2. The molecule has 0 spiro atoms. The van der Waals surface area contributed by atoms with Crippen LogP contribution in [0.15, 0.2) is 12.1 Å². The maximum Gasteiger partial charge on any atom is 0.225 e. The van der Waals surface area contributed by atoms with Crippen molar-refractivity contribution in [1.29, 1.82) is 0 Å². The molecule has 166 valence electrons. The summed E-state index contributed by atoms with van der Waals surface area (Å²) >= 11 is 0. The van der Waals surface area contributed by atoms with E-state index in [1.54, 1.807) is 4.90 Å². The molecule has 0 saturated carbocycles. The minimum Gasteiger partial charge on any atom is -0.355 e. The highest BCUT2D eigenvalue weighted by Gasteiger charge is 2.41. The quantitative estimate of drug-likeness (QED) is 0.771. The molecule has 0 aliphatic carbocycles. The van der Waals surface area contributed by atoms with Crippen LogP contribution >= 0.6 is 0 Å². The van der Waals surface area contributed by atoms with Gasteiger partial charge in [-0.05, 0) is 54.4 Å². The fraction of sp³-hybridized carbons (Fsp3) is 0.652. The maximum atomic E-state index is 12.6. The highest BCUT2D eigenvalue weighted by molar-refractivity contribution is 7.91. The third-order valence-corrected chi connectivity index (χ3v) is 8.17. The number of hydrogen-bond donors (Lipinski definition) is 1. The Kier molecular flexibility index (Phi) is 6.33. The predicted molar refractivity (Wildman–Crippen MR) is 118 cm³/mol. The number of carbonyl (C=O) groups excluding carboxylic acids is 2. The smallest absolute Gasteiger partial charge is 0.225 e. The van der Waals surface area contributed by atoms with Gasteiger partial charge in [0, 0.05) is 25.6 Å². The van der Waals surface area contributed by atoms with E-state index in [0.717, 1.165) is 6.42 Å². The van der Waals surface area contributed by atoms with Crippen LogP contribution in [0.3, 0.4) is 0 Å². The van der Waals surface area contributed by atoms with Crippen LogP contribution < -0.4 is 5.32 Å². The molecule has 3 rings (SSSR count). The van der Waals surface area contributed by atoms with Crippen LogP contribution in [-0.4, -0.2) is 55.8 Å². The minimum absolute atomic E-state index is 0.0240. The summed E-state index contributed by atoms with van der Waals surface area (Å²) in [6, 6.07) is 4.19. The molecule has 2 unspecified atom stereocenters. The number of nitrogens with one attached hydrogen (secondary N) is 1. The van der Waals surface area contributed by atoms with E-state index >= 15 is 0 Å². The molecule has 1 aromatic carbocycles. The number of rotatable bonds is 5. The first-order valence-corrected chi connectivity index (χ1v) is 12.6. The molecule has 0 bridgehead atoms. The molecule has 30 heavy (non-hydrogen) atoms. The highest BCUT2D eigenvalue weighted by Crippen LogP contribution is 2.28. The second-order valence-electron chi connectivity index (χ2n) is 9.88. The van der Waals surface area contributed by atoms with Crippen molar-refractivity contribution in [2.75, 3.05) is 24.6 Å². The predicted octanol–water partition coefficient (Wildman–Crippen LogP) is 2.30. The van der Waals surface area contributed by atoms with Gasteiger partial charge in [0.05, 0.1) is 17.4 Å². The average molecular weight is 435 g/mol. The molecule has 7 heteroatoms. The summed E-state index contributed by atoms with van der Waals surface area (Å²) < 4.78 is 23.4. The molecule has 2 saturated heterocycles. The monoisotopic (exact) mass is 434 g/mol. The van der Waals surface area contributed by atoms with Gasteiger partial charge in [0.15, 0.2) is 9.84 Å². The standard InChI is InChI=1S/C23H34N2O4S/c1-15-10-18(23(3,4)5)11-16(2)20(15)6-8-24-22(27)17-12-21(26)25(13-17)19-7-9-30(28,29)14-19/h10-11,17,19H,6-9,12-14H2,1-5H3,(H,24,27). The second-order valence-corrected chi connectivity index (χ2v) is 12.1. The Hall–Kier alpha value is -1.89. The van der Waals surface area contributed by atoms with Crippen molar-refractivity contribution in [3.05, 3.63) is 34.4 Å². The number of carbonyl (C=O) groups is 2. The Labute approximate surface area is 180 Å². The summed E-state index contributed by atoms with van der Waals surface area (Å²) in [6.07, 6.45) is 1.39. The number of hydrogen-bond acceptors (Lipinski definition) is 4. The Bertz CT molecular complexity index is 923. The average Bonchev–Trinajstić information content (AvgIpc) is 3.18. The van der Waals surface area contributed by atoms with E-state index in [0.29, 0.717) is 19.5 Å². The molecule has 6 nitrogen and oxygen atoms in total. The van der Waals surface area contributed by atoms with Crippen molar-refractivity contribution in [1.82, 2.24) is 10.2 Å². The number of nitrogens with zero attached hydrogens (tertiary/aromatic N) is 1. The van der Waals surface area contributed by atoms with Crippen molar-refractivity contribution in [2.45, 2.75) is 65.3 Å². The van der Waals surface area contributed by atoms with E-state index in [2.05, 4.69) is 52.1 Å². The van der Waals surface area contributed by atoms with Crippen LogP contribution in [0.5, 0.6) is 0 Å². The molecule has 2 atom stereocenters. The molecule has 0 radical (unpaired) electrons. The lowest BCUT2D eigenvalue weighted by Gasteiger charge is -2.23. The van der Waals surface area contributed by atoms with Crippen LogP contribution in [0.1, 0.15) is 55.9 Å². The molecule has 1 N–H and O–H groups in total. The fourth-order valence-electron chi connectivity index (χ4n) is 4.56. The van der Waals surface area contributed by atoms with Gasteiger partial charge < -0.3 is 10.2 Å². The lowest BCUT2D eigenvalue weighted by Crippen LogP contribution is -2.39. The first-order valence-electron chi connectivity index (χ1n) is 10.8. The van der Waals surface area contributed by atoms with Crippen LogP contribution in [0.4, 0.5) is 0 Å². The molecule has 0 aromatic heterocycles. The summed E-state index contributed by atoms with van der Waals surface area (Å²) in [5, 5.41) is 2.98. The zero-order valence-electron chi connectivity index (χ0n) is 18.7. The highest BCUT2D eigenvalue weighted by atomic mass is 32.2. The summed E-state index contributed by atoms with van der Waals surface area (Å²) in [5.41, 5.74) is 5.13. The van der Waals surface area contributed by atoms with Gasteiger partial charge in [-0.15, -0.1) is 0 Å². The Balaban J connectivity index is 1.55. The van der Waals surface area contributed by atoms with E-state index in [4.69, 9.17) is 0 Å². The third-order valence-electron chi connectivity index (χ3n) is 6.41. The van der Waals surface area contributed by atoms with Crippen LogP contribution in [0, 0.1) is 19.8 Å². The van der Waals surface area contributed by atoms with Gasteiger partial charge in [-0.25, -0.2) is 8.42 Å². The van der Waals surface area contributed by atoms with Gasteiger partial charge in [0.2, 0.25) is 11.8 Å². The van der Waals surface area contributed by atoms with Gasteiger partial charge in [0.1, 0.15) is 0 Å². The second kappa shape index (κ2) is 8.33. The van der Waals surface area contributed by atoms with Crippen molar-refractivity contribution < 1.29 is 18.0 Å². The Morgan fingerprint density at radius 1 is 1.20 bits per heavy atom. The number of sulfone groups is 1. The van der Waals surface area contributed by atoms with Gasteiger partial charge in [0.25, 0.3) is 0 Å². The zero-order valence-corrected chi connectivity index (χ0v) is 19.6. The van der Waals surface area contributed by atoms with Gasteiger partial charge in [-0.2, -0.15) is 0 Å². The maximum absolute atomic E-state index is 12.6. The van der Waals surface area contributed by atoms with Crippen molar-refractivity contribution in [3.63, 3.8) is 0 Å². The summed E-state index contributed by atoms with van der Waals surface area (Å²) in [7, 11) is -3.05. The lowest BCUT2D eigenvalue weighted by atomic mass is 9.83. The zero-order chi connectivity index (χ0) is 22.3. The van der Waals surface area contributed by atoms with E-state index in [1.807, 2.05) is 0 Å².